The van der Waals surface area contributed by atoms with Crippen LogP contribution in [0.2, 0.25) is 0 Å². The molecule has 2 heterocycles. The van der Waals surface area contributed by atoms with Crippen molar-refractivity contribution in [2.75, 3.05) is 10.2 Å². The highest BCUT2D eigenvalue weighted by molar-refractivity contribution is 7.80. The Labute approximate surface area is 225 Å². The van der Waals surface area contributed by atoms with Crippen LogP contribution < -0.4 is 15.5 Å². The highest BCUT2D eigenvalue weighted by Crippen LogP contribution is 2.28. The van der Waals surface area contributed by atoms with Crippen LogP contribution in [-0.2, 0) is 20.9 Å². The minimum Gasteiger partial charge on any atom is -0.337 e. The molecule has 3 amide bonds. The van der Waals surface area contributed by atoms with E-state index in [1.165, 1.54) is 4.90 Å². The summed E-state index contributed by atoms with van der Waals surface area (Å²) in [6.45, 7) is 5.91. The maximum Gasteiger partial charge on any atom is 0.270 e. The average Bonchev–Trinajstić information content (AvgIpc) is 3.18. The quantitative estimate of drug-likeness (QED) is 0.219. The van der Waals surface area contributed by atoms with Gasteiger partial charge in [-0.15, -0.1) is 0 Å². The molecule has 1 aliphatic rings. The molecular formula is C30H26N4O3S. The Kier molecular flexibility index (Phi) is 6.65. The van der Waals surface area contributed by atoms with Crippen molar-refractivity contribution >= 4 is 63.4 Å². The molecule has 1 aliphatic heterocycles. The molecule has 0 radical (unpaired) electrons. The first-order valence-corrected chi connectivity index (χ1v) is 12.5. The molecule has 38 heavy (non-hydrogen) atoms. The summed E-state index contributed by atoms with van der Waals surface area (Å²) in [6.07, 6.45) is 3.34. The Morgan fingerprint density at radius 1 is 0.947 bits per heavy atom. The van der Waals surface area contributed by atoms with Gasteiger partial charge in [-0.3, -0.25) is 24.6 Å². The van der Waals surface area contributed by atoms with Crippen LogP contribution in [0.3, 0.4) is 0 Å². The predicted octanol–water partition coefficient (Wildman–Crippen LogP) is 5.04. The zero-order chi connectivity index (χ0) is 27.0. The number of nitrogens with one attached hydrogen (secondary N) is 2. The molecule has 0 aliphatic carbocycles. The van der Waals surface area contributed by atoms with Crippen molar-refractivity contribution in [1.82, 2.24) is 9.88 Å². The number of hydrogen-bond acceptors (Lipinski definition) is 4. The summed E-state index contributed by atoms with van der Waals surface area (Å²) in [4.78, 5) is 40.6. The third kappa shape index (κ3) is 4.99. The van der Waals surface area contributed by atoms with E-state index >= 15 is 0 Å². The zero-order valence-corrected chi connectivity index (χ0v) is 22.1. The number of nitrogens with zero attached hydrogens (tertiary/aromatic N) is 2. The van der Waals surface area contributed by atoms with Gasteiger partial charge < -0.3 is 9.88 Å². The molecule has 1 fully saturated rings. The third-order valence-corrected chi connectivity index (χ3v) is 6.59. The summed E-state index contributed by atoms with van der Waals surface area (Å²) < 4.78 is 1.81. The van der Waals surface area contributed by atoms with Gasteiger partial charge >= 0.3 is 0 Å². The van der Waals surface area contributed by atoms with Crippen LogP contribution in [0.25, 0.3) is 17.0 Å². The molecule has 8 heteroatoms. The molecular weight excluding hydrogens is 496 g/mol. The van der Waals surface area contributed by atoms with Gasteiger partial charge in [0.05, 0.1) is 5.69 Å². The van der Waals surface area contributed by atoms with Gasteiger partial charge in [0.2, 0.25) is 5.91 Å². The van der Waals surface area contributed by atoms with Crippen LogP contribution in [0.5, 0.6) is 0 Å². The van der Waals surface area contributed by atoms with Gasteiger partial charge in [0.25, 0.3) is 11.8 Å². The van der Waals surface area contributed by atoms with Gasteiger partial charge in [0.1, 0.15) is 12.1 Å². The van der Waals surface area contributed by atoms with E-state index in [2.05, 4.69) is 10.6 Å². The number of hydrogen-bond donors (Lipinski definition) is 2. The van der Waals surface area contributed by atoms with Crippen LogP contribution in [0.15, 0.2) is 78.5 Å². The van der Waals surface area contributed by atoms with Gasteiger partial charge in [0, 0.05) is 28.4 Å². The van der Waals surface area contributed by atoms with Crippen LogP contribution in [-0.4, -0.2) is 27.4 Å². The second-order valence-electron chi connectivity index (χ2n) is 9.45. The number of rotatable bonds is 5. The molecule has 5 rings (SSSR count). The molecule has 4 aromatic rings. The van der Waals surface area contributed by atoms with Crippen molar-refractivity contribution in [1.29, 1.82) is 0 Å². The Bertz CT molecular complexity index is 1650. The van der Waals surface area contributed by atoms with Crippen LogP contribution in [0.1, 0.15) is 22.3 Å². The number of carbonyl (C=O) groups excluding carboxylic acids is 3. The highest BCUT2D eigenvalue weighted by Gasteiger charge is 2.35. The smallest absolute Gasteiger partial charge is 0.270 e. The van der Waals surface area contributed by atoms with E-state index in [0.29, 0.717) is 11.3 Å². The molecule has 0 unspecified atom stereocenters. The number of thiocarbonyl (C=S) groups is 1. The lowest BCUT2D eigenvalue weighted by Gasteiger charge is -2.29. The molecule has 2 N–H and O–H groups in total. The lowest BCUT2D eigenvalue weighted by Crippen LogP contribution is -2.54. The molecule has 190 valence electrons. The largest absolute Gasteiger partial charge is 0.337 e. The Morgan fingerprint density at radius 2 is 1.68 bits per heavy atom. The molecule has 0 saturated carbocycles. The van der Waals surface area contributed by atoms with Crippen LogP contribution >= 0.6 is 12.2 Å². The Balaban J connectivity index is 1.49. The van der Waals surface area contributed by atoms with Crippen LogP contribution in [0.4, 0.5) is 11.4 Å². The second-order valence-corrected chi connectivity index (χ2v) is 9.84. The zero-order valence-electron chi connectivity index (χ0n) is 21.2. The lowest BCUT2D eigenvalue weighted by molar-refractivity contribution is -0.122. The molecule has 3 aromatic carbocycles. The van der Waals surface area contributed by atoms with E-state index in [0.717, 1.165) is 33.3 Å². The predicted molar refractivity (Wildman–Crippen MR) is 154 cm³/mol. The van der Waals surface area contributed by atoms with Crippen molar-refractivity contribution < 1.29 is 14.4 Å². The molecule has 0 bridgehead atoms. The van der Waals surface area contributed by atoms with Crippen molar-refractivity contribution in [2.45, 2.75) is 27.3 Å². The molecule has 0 atom stereocenters. The van der Waals surface area contributed by atoms with Gasteiger partial charge in [-0.2, -0.15) is 0 Å². The number of fused-ring (bicyclic) bond motifs is 1. The number of anilines is 2. The van der Waals surface area contributed by atoms with Crippen LogP contribution in [0, 0.1) is 20.8 Å². The number of aromatic nitrogens is 1. The van der Waals surface area contributed by atoms with Gasteiger partial charge in [0.15, 0.2) is 5.11 Å². The molecule has 7 nitrogen and oxygen atoms in total. The topological polar surface area (TPSA) is 83.4 Å². The molecule has 1 aromatic heterocycles. The number of para-hydroxylation sites is 1. The van der Waals surface area contributed by atoms with E-state index < -0.39 is 11.8 Å². The number of benzene rings is 3. The monoisotopic (exact) mass is 522 g/mol. The highest BCUT2D eigenvalue weighted by atomic mass is 32.1. The van der Waals surface area contributed by atoms with E-state index in [4.69, 9.17) is 12.2 Å². The standard InChI is InChI=1S/C30H26N4O3S/c1-18-7-6-8-22(12-18)31-27(35)17-33-16-21(24-9-4-5-10-26(24)33)15-25-28(36)32-30(38)34(29(25)37)23-13-19(2)11-20(3)14-23/h4-16H,17H2,1-3H3,(H,31,35)(H,32,36,38)/b25-15+. The summed E-state index contributed by atoms with van der Waals surface area (Å²) in [7, 11) is 0. The fraction of sp³-hybridized carbons (Fsp3) is 0.133. The normalized spacial score (nSPS) is 14.8. The van der Waals surface area contributed by atoms with Gasteiger partial charge in [-0.05, 0) is 86.1 Å². The van der Waals surface area contributed by atoms with E-state index in [9.17, 15) is 14.4 Å². The fourth-order valence-electron chi connectivity index (χ4n) is 4.73. The van der Waals surface area contributed by atoms with E-state index in [-0.39, 0.29) is 23.1 Å². The van der Waals surface area contributed by atoms with Crippen molar-refractivity contribution in [3.05, 3.63) is 101 Å². The van der Waals surface area contributed by atoms with Crippen molar-refractivity contribution in [3.8, 4) is 0 Å². The van der Waals surface area contributed by atoms with Crippen molar-refractivity contribution in [2.24, 2.45) is 0 Å². The maximum absolute atomic E-state index is 13.6. The Hall–Kier alpha value is -4.56. The SMILES string of the molecule is Cc1cccc(NC(=O)Cn2cc(/C=C3\C(=O)NC(=S)N(c4cc(C)cc(C)c4)C3=O)c3ccccc32)c1. The van der Waals surface area contributed by atoms with Crippen molar-refractivity contribution in [3.63, 3.8) is 0 Å². The third-order valence-electron chi connectivity index (χ3n) is 6.30. The second kappa shape index (κ2) is 10.1. The van der Waals surface area contributed by atoms with Gasteiger partial charge in [-0.1, -0.05) is 36.4 Å². The number of aryl methyl sites for hydroxylation is 3. The minimum atomic E-state index is -0.561. The maximum atomic E-state index is 13.6. The first-order valence-electron chi connectivity index (χ1n) is 12.1. The van der Waals surface area contributed by atoms with E-state index in [1.807, 2.05) is 92.1 Å². The minimum absolute atomic E-state index is 0.0372. The molecule has 1 saturated heterocycles. The number of amides is 3. The Morgan fingerprint density at radius 3 is 2.42 bits per heavy atom. The first-order chi connectivity index (χ1) is 18.2. The number of carbonyl (C=O) groups is 3. The average molecular weight is 523 g/mol. The lowest BCUT2D eigenvalue weighted by atomic mass is 10.1. The summed E-state index contributed by atoms with van der Waals surface area (Å²) in [5.74, 6) is -1.25. The summed E-state index contributed by atoms with van der Waals surface area (Å²) >= 11 is 5.35. The summed E-state index contributed by atoms with van der Waals surface area (Å²) in [5, 5.41) is 6.42. The van der Waals surface area contributed by atoms with Gasteiger partial charge in [-0.25, -0.2) is 0 Å². The summed E-state index contributed by atoms with van der Waals surface area (Å²) in [6, 6.07) is 20.9. The van der Waals surface area contributed by atoms with E-state index in [1.54, 1.807) is 12.3 Å². The first kappa shape index (κ1) is 25.1. The fourth-order valence-corrected chi connectivity index (χ4v) is 5.01. The molecule has 0 spiro atoms. The summed E-state index contributed by atoms with van der Waals surface area (Å²) in [5.41, 5.74) is 5.74.